The van der Waals surface area contributed by atoms with Crippen LogP contribution in [0.15, 0.2) is 61.1 Å². The number of ether oxygens (including phenoxy) is 1. The molecular weight excluding hydrogens is 447 g/mol. The summed E-state index contributed by atoms with van der Waals surface area (Å²) in [4.78, 5) is 26.1. The number of aliphatic hydroxyl groups is 1. The first-order valence-electron chi connectivity index (χ1n) is 11.8. The maximum absolute atomic E-state index is 13.8. The number of halogens is 1. The first-order chi connectivity index (χ1) is 16.9. The fraction of sp³-hybridized carbons (Fsp3) is 0.370. The van der Waals surface area contributed by atoms with Gasteiger partial charge in [0.2, 0.25) is 5.88 Å². The van der Waals surface area contributed by atoms with Crippen LogP contribution >= 0.6 is 0 Å². The Morgan fingerprint density at radius 2 is 2.06 bits per heavy atom. The Hall–Kier alpha value is -3.36. The molecule has 0 fully saturated rings. The van der Waals surface area contributed by atoms with Crippen LogP contribution in [0.2, 0.25) is 0 Å². The molecule has 35 heavy (non-hydrogen) atoms. The van der Waals surface area contributed by atoms with E-state index in [-0.39, 0.29) is 42.3 Å². The number of rotatable bonds is 7. The summed E-state index contributed by atoms with van der Waals surface area (Å²) in [5.41, 5.74) is 2.64. The molecule has 4 rings (SSSR count). The summed E-state index contributed by atoms with van der Waals surface area (Å²) < 4.78 is 20.2. The SMILES string of the molecule is C[C@H]1CN([C@@H](C)CO)C(=O)c2cc(-c3cccc(F)c3)cnc2O[C@H]1CN(C)Cc1cccnc1. The number of carbonyl (C=O) groups is 1. The molecule has 0 saturated heterocycles. The Morgan fingerprint density at radius 3 is 2.77 bits per heavy atom. The summed E-state index contributed by atoms with van der Waals surface area (Å²) in [6.45, 7) is 5.44. The molecule has 184 valence electrons. The van der Waals surface area contributed by atoms with E-state index in [0.29, 0.717) is 36.3 Å². The largest absolute Gasteiger partial charge is 0.472 e. The Bertz CT molecular complexity index is 1160. The van der Waals surface area contributed by atoms with Gasteiger partial charge in [0.15, 0.2) is 0 Å². The highest BCUT2D eigenvalue weighted by Gasteiger charge is 2.34. The van der Waals surface area contributed by atoms with Gasteiger partial charge >= 0.3 is 0 Å². The predicted molar refractivity (Wildman–Crippen MR) is 131 cm³/mol. The molecule has 3 aromatic rings. The van der Waals surface area contributed by atoms with Gasteiger partial charge in [0, 0.05) is 49.7 Å². The lowest BCUT2D eigenvalue weighted by atomic mass is 9.99. The van der Waals surface area contributed by atoms with E-state index in [1.54, 1.807) is 35.5 Å². The number of hydrogen-bond donors (Lipinski definition) is 1. The van der Waals surface area contributed by atoms with E-state index in [0.717, 1.165) is 5.56 Å². The molecule has 1 aliphatic rings. The standard InChI is InChI=1S/C27H31FN4O3/c1-18-14-32(19(2)17-33)27(34)24-11-22(21-7-4-8-23(28)10-21)13-30-26(24)35-25(18)16-31(3)15-20-6-5-9-29-12-20/h4-13,18-19,25,33H,14-17H2,1-3H3/t18-,19-,25-/m0/s1. The fourth-order valence-corrected chi connectivity index (χ4v) is 4.32. The van der Waals surface area contributed by atoms with Gasteiger partial charge in [-0.2, -0.15) is 0 Å². The van der Waals surface area contributed by atoms with Gasteiger partial charge in [-0.15, -0.1) is 0 Å². The summed E-state index contributed by atoms with van der Waals surface area (Å²) in [5, 5.41) is 9.84. The zero-order chi connectivity index (χ0) is 24.9. The first kappa shape index (κ1) is 24.8. The zero-order valence-corrected chi connectivity index (χ0v) is 20.3. The maximum Gasteiger partial charge on any atom is 0.259 e. The normalized spacial score (nSPS) is 19.0. The number of aromatic nitrogens is 2. The second kappa shape index (κ2) is 10.9. The lowest BCUT2D eigenvalue weighted by Gasteiger charge is -2.37. The van der Waals surface area contributed by atoms with Crippen LogP contribution in [0.5, 0.6) is 5.88 Å². The van der Waals surface area contributed by atoms with E-state index in [1.165, 1.54) is 12.1 Å². The number of carbonyl (C=O) groups excluding carboxylic acids is 1. The number of aliphatic hydroxyl groups excluding tert-OH is 1. The van der Waals surface area contributed by atoms with Crippen LogP contribution in [-0.2, 0) is 6.54 Å². The van der Waals surface area contributed by atoms with Crippen molar-refractivity contribution in [1.29, 1.82) is 0 Å². The molecule has 1 N–H and O–H groups in total. The number of fused-ring (bicyclic) bond motifs is 1. The van der Waals surface area contributed by atoms with Gasteiger partial charge in [-0.3, -0.25) is 14.7 Å². The minimum Gasteiger partial charge on any atom is -0.472 e. The van der Waals surface area contributed by atoms with E-state index < -0.39 is 0 Å². The molecule has 3 atom stereocenters. The Labute approximate surface area is 205 Å². The monoisotopic (exact) mass is 478 g/mol. The second-order valence-electron chi connectivity index (χ2n) is 9.27. The lowest BCUT2D eigenvalue weighted by molar-refractivity contribution is 0.0325. The number of nitrogens with zero attached hydrogens (tertiary/aromatic N) is 4. The third kappa shape index (κ3) is 5.83. The van der Waals surface area contributed by atoms with Crippen molar-refractivity contribution in [1.82, 2.24) is 19.8 Å². The van der Waals surface area contributed by atoms with E-state index in [1.807, 2.05) is 39.2 Å². The predicted octanol–water partition coefficient (Wildman–Crippen LogP) is 3.63. The van der Waals surface area contributed by atoms with E-state index in [2.05, 4.69) is 14.9 Å². The van der Waals surface area contributed by atoms with Gasteiger partial charge in [0.1, 0.15) is 17.5 Å². The minimum atomic E-state index is -0.373. The molecule has 8 heteroatoms. The fourth-order valence-electron chi connectivity index (χ4n) is 4.32. The van der Waals surface area contributed by atoms with Crippen molar-refractivity contribution >= 4 is 5.91 Å². The van der Waals surface area contributed by atoms with Crippen LogP contribution in [0, 0.1) is 11.7 Å². The summed E-state index contributed by atoms with van der Waals surface area (Å²) >= 11 is 0. The molecule has 0 radical (unpaired) electrons. The van der Waals surface area contributed by atoms with Crippen LogP contribution in [0.4, 0.5) is 4.39 Å². The second-order valence-corrected chi connectivity index (χ2v) is 9.27. The first-order valence-corrected chi connectivity index (χ1v) is 11.8. The minimum absolute atomic E-state index is 0.0119. The Morgan fingerprint density at radius 1 is 1.23 bits per heavy atom. The number of pyridine rings is 2. The van der Waals surface area contributed by atoms with E-state index in [4.69, 9.17) is 4.74 Å². The number of hydrogen-bond acceptors (Lipinski definition) is 6. The molecule has 1 aromatic carbocycles. The molecule has 7 nitrogen and oxygen atoms in total. The van der Waals surface area contributed by atoms with Crippen LogP contribution in [0.1, 0.15) is 29.8 Å². The van der Waals surface area contributed by atoms with Gasteiger partial charge in [0.05, 0.1) is 12.6 Å². The molecule has 0 spiro atoms. The quantitative estimate of drug-likeness (QED) is 0.559. The highest BCUT2D eigenvalue weighted by Crippen LogP contribution is 2.30. The van der Waals surface area contributed by atoms with Crippen LogP contribution < -0.4 is 4.74 Å². The number of benzene rings is 1. The molecule has 0 unspecified atom stereocenters. The molecule has 3 heterocycles. The molecular formula is C27H31FN4O3. The molecule has 0 aliphatic carbocycles. The average molecular weight is 479 g/mol. The van der Waals surface area contributed by atoms with Crippen LogP contribution in [0.3, 0.4) is 0 Å². The van der Waals surface area contributed by atoms with Crippen molar-refractivity contribution in [3.63, 3.8) is 0 Å². The lowest BCUT2D eigenvalue weighted by Crippen LogP contribution is -2.49. The number of likely N-dealkylation sites (N-methyl/N-ethyl adjacent to an activating group) is 1. The highest BCUT2D eigenvalue weighted by molar-refractivity contribution is 5.98. The summed E-state index contributed by atoms with van der Waals surface area (Å²) in [6, 6.07) is 11.4. The smallest absolute Gasteiger partial charge is 0.259 e. The highest BCUT2D eigenvalue weighted by atomic mass is 19.1. The Balaban J connectivity index is 1.66. The van der Waals surface area contributed by atoms with Gasteiger partial charge in [-0.25, -0.2) is 9.37 Å². The van der Waals surface area contributed by atoms with Gasteiger partial charge in [0.25, 0.3) is 5.91 Å². The third-order valence-corrected chi connectivity index (χ3v) is 6.35. The maximum atomic E-state index is 13.8. The van der Waals surface area contributed by atoms with Crippen molar-refractivity contribution in [2.75, 3.05) is 26.7 Å². The van der Waals surface area contributed by atoms with Crippen LogP contribution in [0.25, 0.3) is 11.1 Å². The van der Waals surface area contributed by atoms with Gasteiger partial charge < -0.3 is 14.7 Å². The summed E-state index contributed by atoms with van der Waals surface area (Å²) in [6.07, 6.45) is 4.94. The molecule has 0 bridgehead atoms. The molecule has 0 saturated carbocycles. The van der Waals surface area contributed by atoms with Crippen molar-refractivity contribution in [3.05, 3.63) is 78.0 Å². The van der Waals surface area contributed by atoms with Crippen LogP contribution in [-0.4, -0.2) is 69.7 Å². The average Bonchev–Trinajstić information content (AvgIpc) is 2.86. The van der Waals surface area contributed by atoms with Gasteiger partial charge in [-0.1, -0.05) is 25.1 Å². The topological polar surface area (TPSA) is 78.8 Å². The summed E-state index contributed by atoms with van der Waals surface area (Å²) in [5.74, 6) is -0.391. The summed E-state index contributed by atoms with van der Waals surface area (Å²) in [7, 11) is 2.02. The van der Waals surface area contributed by atoms with Crippen molar-refractivity contribution in [2.45, 2.75) is 32.5 Å². The zero-order valence-electron chi connectivity index (χ0n) is 20.3. The van der Waals surface area contributed by atoms with Crippen molar-refractivity contribution < 1.29 is 19.0 Å². The van der Waals surface area contributed by atoms with E-state index in [9.17, 15) is 14.3 Å². The van der Waals surface area contributed by atoms with Crippen molar-refractivity contribution in [2.24, 2.45) is 5.92 Å². The van der Waals surface area contributed by atoms with Crippen molar-refractivity contribution in [3.8, 4) is 17.0 Å². The molecule has 1 amide bonds. The molecule has 2 aromatic heterocycles. The van der Waals surface area contributed by atoms with E-state index >= 15 is 0 Å². The third-order valence-electron chi connectivity index (χ3n) is 6.35. The molecule has 1 aliphatic heterocycles. The number of amides is 1. The van der Waals surface area contributed by atoms with Gasteiger partial charge in [-0.05, 0) is 49.4 Å². The Kier molecular flexibility index (Phi) is 7.73.